The van der Waals surface area contributed by atoms with Gasteiger partial charge in [0.15, 0.2) is 0 Å². The molecule has 1 rings (SSSR count). The molecule has 0 aliphatic heterocycles. The minimum atomic E-state index is -4.33. The van der Waals surface area contributed by atoms with Gasteiger partial charge in [0.1, 0.15) is 5.56 Å². The second-order valence-electron chi connectivity index (χ2n) is 4.00. The van der Waals surface area contributed by atoms with Crippen LogP contribution >= 0.6 is 0 Å². The van der Waals surface area contributed by atoms with Gasteiger partial charge < -0.3 is 10.2 Å². The lowest BCUT2D eigenvalue weighted by atomic mass is 10.1. The minimum absolute atomic E-state index is 0.0885. The maximum atomic E-state index is 11.8. The van der Waals surface area contributed by atoms with E-state index in [-0.39, 0.29) is 11.1 Å². The predicted molar refractivity (Wildman–Crippen MR) is 65.2 cm³/mol. The van der Waals surface area contributed by atoms with E-state index in [4.69, 9.17) is 9.66 Å². The Bertz CT molecular complexity index is 687. The number of carbonyl (C=O) groups is 1. The molecule has 1 heterocycles. The highest BCUT2D eigenvalue weighted by Crippen LogP contribution is 2.21. The van der Waals surface area contributed by atoms with Gasteiger partial charge in [0, 0.05) is 12.1 Å². The van der Waals surface area contributed by atoms with E-state index in [2.05, 4.69) is 0 Å². The number of aromatic nitrogens is 1. The average Bonchev–Trinajstić information content (AvgIpc) is 2.24. The molecule has 0 bridgehead atoms. The third-order valence-electron chi connectivity index (χ3n) is 2.77. The molecule has 0 spiro atoms. The summed E-state index contributed by atoms with van der Waals surface area (Å²) in [5.41, 5.74) is -0.972. The Labute approximate surface area is 108 Å². The molecular formula is C10H13NO7S. The molecule has 1 aromatic heterocycles. The molecule has 0 radical (unpaired) electrons. The molecule has 0 saturated carbocycles. The fraction of sp³-hybridized carbons (Fsp3) is 0.400. The Hall–Kier alpha value is -1.87. The van der Waals surface area contributed by atoms with Crippen molar-refractivity contribution >= 4 is 16.1 Å². The van der Waals surface area contributed by atoms with Crippen LogP contribution in [0.2, 0.25) is 0 Å². The Morgan fingerprint density at radius 3 is 2.21 bits per heavy atom. The van der Waals surface area contributed by atoms with Crippen molar-refractivity contribution in [2.45, 2.75) is 20.4 Å². The lowest BCUT2D eigenvalue weighted by Gasteiger charge is -2.14. The second-order valence-corrected chi connectivity index (χ2v) is 5.57. The second kappa shape index (κ2) is 5.02. The third-order valence-corrected chi connectivity index (χ3v) is 3.47. The standard InChI is InChI=1S/C10H13NO7S/c1-5-6(2)8(12)11(3-4-19(16,17)18)9(13)7(5)10(14)15/h13H,3-4H2,1-2H3,(H,14,15)(H,16,17,18). The molecule has 0 amide bonds. The van der Waals surface area contributed by atoms with Crippen LogP contribution in [0.4, 0.5) is 0 Å². The zero-order valence-electron chi connectivity index (χ0n) is 10.2. The van der Waals surface area contributed by atoms with Gasteiger partial charge in [-0.25, -0.2) is 4.79 Å². The Morgan fingerprint density at radius 1 is 1.26 bits per heavy atom. The van der Waals surface area contributed by atoms with Crippen LogP contribution in [0.25, 0.3) is 0 Å². The fourth-order valence-electron chi connectivity index (χ4n) is 1.62. The smallest absolute Gasteiger partial charge is 0.341 e. The van der Waals surface area contributed by atoms with Gasteiger partial charge in [-0.1, -0.05) is 0 Å². The highest BCUT2D eigenvalue weighted by Gasteiger charge is 2.22. The monoisotopic (exact) mass is 291 g/mol. The number of carboxylic acid groups (broad SMARTS) is 1. The minimum Gasteiger partial charge on any atom is -0.494 e. The molecule has 1 aromatic rings. The molecule has 8 nitrogen and oxygen atoms in total. The van der Waals surface area contributed by atoms with Gasteiger partial charge in [-0.15, -0.1) is 0 Å². The molecule has 0 aromatic carbocycles. The van der Waals surface area contributed by atoms with Crippen molar-refractivity contribution in [1.29, 1.82) is 0 Å². The molecule has 0 aliphatic carbocycles. The van der Waals surface area contributed by atoms with Crippen molar-refractivity contribution < 1.29 is 28.0 Å². The molecule has 0 fully saturated rings. The topological polar surface area (TPSA) is 134 Å². The SMILES string of the molecule is Cc1c(C(=O)O)c(O)n(CCS(=O)(=O)O)c(=O)c1C. The van der Waals surface area contributed by atoms with Gasteiger partial charge in [0.25, 0.3) is 15.7 Å². The van der Waals surface area contributed by atoms with Gasteiger partial charge >= 0.3 is 5.97 Å². The summed E-state index contributed by atoms with van der Waals surface area (Å²) in [5.74, 6) is -3.06. The Kier molecular flexibility index (Phi) is 4.01. The molecule has 0 atom stereocenters. The number of pyridine rings is 1. The van der Waals surface area contributed by atoms with Crippen LogP contribution in [-0.4, -0.2) is 39.5 Å². The van der Waals surface area contributed by atoms with E-state index in [1.165, 1.54) is 13.8 Å². The number of rotatable bonds is 4. The number of hydrogen-bond acceptors (Lipinski definition) is 5. The van der Waals surface area contributed by atoms with Gasteiger partial charge in [0.05, 0.1) is 5.75 Å². The number of nitrogens with zero attached hydrogens (tertiary/aromatic N) is 1. The summed E-state index contributed by atoms with van der Waals surface area (Å²) in [6.45, 7) is 2.20. The summed E-state index contributed by atoms with van der Waals surface area (Å²) in [6, 6.07) is 0. The van der Waals surface area contributed by atoms with Crippen molar-refractivity contribution in [3.8, 4) is 5.88 Å². The average molecular weight is 291 g/mol. The van der Waals surface area contributed by atoms with E-state index in [0.717, 1.165) is 0 Å². The van der Waals surface area contributed by atoms with Gasteiger partial charge in [-0.3, -0.25) is 13.9 Å². The third kappa shape index (κ3) is 3.12. The summed E-state index contributed by atoms with van der Waals surface area (Å²) < 4.78 is 30.5. The number of aromatic hydroxyl groups is 1. The van der Waals surface area contributed by atoms with Crippen molar-refractivity contribution in [3.05, 3.63) is 27.0 Å². The summed E-state index contributed by atoms with van der Waals surface area (Å²) in [4.78, 5) is 22.9. The first-order valence-corrected chi connectivity index (χ1v) is 6.78. The highest BCUT2D eigenvalue weighted by atomic mass is 32.2. The first-order chi connectivity index (χ1) is 8.56. The number of hydrogen-bond donors (Lipinski definition) is 3. The van der Waals surface area contributed by atoms with Crippen LogP contribution in [0.5, 0.6) is 5.88 Å². The lowest BCUT2D eigenvalue weighted by molar-refractivity contribution is 0.0690. The largest absolute Gasteiger partial charge is 0.494 e. The Morgan fingerprint density at radius 2 is 1.79 bits per heavy atom. The van der Waals surface area contributed by atoms with Crippen LogP contribution in [0.3, 0.4) is 0 Å². The molecule has 3 N–H and O–H groups in total. The van der Waals surface area contributed by atoms with E-state index < -0.39 is 45.4 Å². The maximum absolute atomic E-state index is 11.8. The van der Waals surface area contributed by atoms with Crippen LogP contribution < -0.4 is 5.56 Å². The molecule has 106 valence electrons. The lowest BCUT2D eigenvalue weighted by Crippen LogP contribution is -2.28. The normalized spacial score (nSPS) is 11.5. The van der Waals surface area contributed by atoms with Gasteiger partial charge in [-0.2, -0.15) is 8.42 Å². The summed E-state index contributed by atoms with van der Waals surface area (Å²) in [6.07, 6.45) is 0. The van der Waals surface area contributed by atoms with Crippen molar-refractivity contribution in [2.75, 3.05) is 5.75 Å². The molecule has 0 saturated heterocycles. The number of aromatic carboxylic acids is 1. The summed E-state index contributed by atoms with van der Waals surface area (Å²) >= 11 is 0. The van der Waals surface area contributed by atoms with E-state index in [1.807, 2.05) is 0 Å². The van der Waals surface area contributed by atoms with Crippen molar-refractivity contribution in [1.82, 2.24) is 4.57 Å². The quantitative estimate of drug-likeness (QED) is 0.651. The zero-order chi connectivity index (χ0) is 15.0. The zero-order valence-corrected chi connectivity index (χ0v) is 11.1. The van der Waals surface area contributed by atoms with E-state index >= 15 is 0 Å². The van der Waals surface area contributed by atoms with E-state index in [0.29, 0.717) is 4.57 Å². The first kappa shape index (κ1) is 15.2. The van der Waals surface area contributed by atoms with Gasteiger partial charge in [0.2, 0.25) is 5.88 Å². The molecule has 19 heavy (non-hydrogen) atoms. The van der Waals surface area contributed by atoms with Crippen LogP contribution in [0.1, 0.15) is 21.5 Å². The fourth-order valence-corrected chi connectivity index (χ4v) is 2.03. The predicted octanol–water partition coefficient (Wildman–Crippen LogP) is -0.243. The Balaban J connectivity index is 3.49. The van der Waals surface area contributed by atoms with E-state index in [1.54, 1.807) is 0 Å². The van der Waals surface area contributed by atoms with Crippen molar-refractivity contribution in [3.63, 3.8) is 0 Å². The van der Waals surface area contributed by atoms with Crippen LogP contribution in [0.15, 0.2) is 4.79 Å². The maximum Gasteiger partial charge on any atom is 0.341 e. The highest BCUT2D eigenvalue weighted by molar-refractivity contribution is 7.85. The summed E-state index contributed by atoms with van der Waals surface area (Å²) in [7, 11) is -4.33. The molecule has 9 heteroatoms. The van der Waals surface area contributed by atoms with Crippen molar-refractivity contribution in [2.24, 2.45) is 0 Å². The molecular weight excluding hydrogens is 278 g/mol. The first-order valence-electron chi connectivity index (χ1n) is 5.17. The number of carboxylic acids is 1. The van der Waals surface area contributed by atoms with Crippen LogP contribution in [-0.2, 0) is 16.7 Å². The van der Waals surface area contributed by atoms with Crippen LogP contribution in [0, 0.1) is 13.8 Å². The molecule has 0 unspecified atom stereocenters. The van der Waals surface area contributed by atoms with Gasteiger partial charge in [-0.05, 0) is 19.4 Å². The molecule has 0 aliphatic rings. The summed E-state index contributed by atoms with van der Waals surface area (Å²) in [5, 5.41) is 18.7. The van der Waals surface area contributed by atoms with E-state index in [9.17, 15) is 23.1 Å².